The van der Waals surface area contributed by atoms with Gasteiger partial charge in [0.05, 0.1) is 5.52 Å². The fourth-order valence-electron chi connectivity index (χ4n) is 2.29. The summed E-state index contributed by atoms with van der Waals surface area (Å²) in [5.41, 5.74) is 3.33. The van der Waals surface area contributed by atoms with Crippen molar-refractivity contribution in [3.8, 4) is 5.75 Å². The molecule has 3 aromatic rings. The monoisotopic (exact) mass is 278 g/mol. The van der Waals surface area contributed by atoms with E-state index >= 15 is 0 Å². The summed E-state index contributed by atoms with van der Waals surface area (Å²) in [4.78, 5) is 4.46. The second-order valence-corrected chi connectivity index (χ2v) is 5.00. The molecule has 0 bridgehead atoms. The molecule has 0 aliphatic rings. The number of hydrogen-bond donors (Lipinski definition) is 1. The summed E-state index contributed by atoms with van der Waals surface area (Å²) >= 11 is 0. The van der Waals surface area contributed by atoms with Crippen molar-refractivity contribution in [1.82, 2.24) is 10.3 Å². The third-order valence-electron chi connectivity index (χ3n) is 3.34. The molecule has 2 aromatic carbocycles. The molecule has 0 saturated carbocycles. The van der Waals surface area contributed by atoms with Gasteiger partial charge in [-0.3, -0.25) is 4.98 Å². The lowest BCUT2D eigenvalue weighted by atomic mass is 10.1. The molecule has 3 nitrogen and oxygen atoms in total. The zero-order valence-corrected chi connectivity index (χ0v) is 12.0. The van der Waals surface area contributed by atoms with Crippen LogP contribution in [0.2, 0.25) is 0 Å². The Kier molecular flexibility index (Phi) is 4.12. The standard InChI is InChI=1S/C18H18N2O/c1-19-11-15-9-16-10-17(7-8-18(16)20-12-15)21-13-14-5-3-2-4-6-14/h2-10,12,19H,11,13H2,1H3. The van der Waals surface area contributed by atoms with E-state index in [0.29, 0.717) is 6.61 Å². The van der Waals surface area contributed by atoms with Crippen LogP contribution in [0.25, 0.3) is 10.9 Å². The molecule has 0 radical (unpaired) electrons. The number of nitrogens with zero attached hydrogens (tertiary/aromatic N) is 1. The van der Waals surface area contributed by atoms with Gasteiger partial charge in [-0.1, -0.05) is 30.3 Å². The molecule has 0 atom stereocenters. The van der Waals surface area contributed by atoms with Gasteiger partial charge < -0.3 is 10.1 Å². The SMILES string of the molecule is CNCc1cnc2ccc(OCc3ccccc3)cc2c1. The first-order chi connectivity index (χ1) is 10.3. The minimum atomic E-state index is 0.579. The number of nitrogens with one attached hydrogen (secondary N) is 1. The molecule has 0 saturated heterocycles. The summed E-state index contributed by atoms with van der Waals surface area (Å²) in [6.45, 7) is 1.40. The van der Waals surface area contributed by atoms with Crippen LogP contribution in [-0.4, -0.2) is 12.0 Å². The third-order valence-corrected chi connectivity index (χ3v) is 3.34. The Hall–Kier alpha value is -2.39. The molecule has 0 unspecified atom stereocenters. The summed E-state index contributed by atoms with van der Waals surface area (Å²) < 4.78 is 5.86. The number of benzene rings is 2. The molecule has 0 amide bonds. The molecule has 3 heteroatoms. The van der Waals surface area contributed by atoms with E-state index in [2.05, 4.69) is 28.5 Å². The van der Waals surface area contributed by atoms with Crippen LogP contribution in [0.1, 0.15) is 11.1 Å². The van der Waals surface area contributed by atoms with Gasteiger partial charge in [-0.05, 0) is 42.4 Å². The van der Waals surface area contributed by atoms with Crippen molar-refractivity contribution in [3.63, 3.8) is 0 Å². The van der Waals surface area contributed by atoms with E-state index in [1.807, 2.05) is 49.6 Å². The van der Waals surface area contributed by atoms with Crippen molar-refractivity contribution in [2.75, 3.05) is 7.05 Å². The van der Waals surface area contributed by atoms with Crippen LogP contribution in [0.5, 0.6) is 5.75 Å². The molecule has 0 aliphatic carbocycles. The predicted octanol–water partition coefficient (Wildman–Crippen LogP) is 3.53. The van der Waals surface area contributed by atoms with Crippen LogP contribution in [-0.2, 0) is 13.2 Å². The summed E-state index contributed by atoms with van der Waals surface area (Å²) in [5, 5.41) is 4.24. The highest BCUT2D eigenvalue weighted by molar-refractivity contribution is 5.80. The van der Waals surface area contributed by atoms with Crippen LogP contribution >= 0.6 is 0 Å². The van der Waals surface area contributed by atoms with E-state index in [9.17, 15) is 0 Å². The van der Waals surface area contributed by atoms with Crippen LogP contribution < -0.4 is 10.1 Å². The minimum Gasteiger partial charge on any atom is -0.489 e. The second-order valence-electron chi connectivity index (χ2n) is 5.00. The maximum Gasteiger partial charge on any atom is 0.120 e. The van der Waals surface area contributed by atoms with E-state index < -0.39 is 0 Å². The lowest BCUT2D eigenvalue weighted by molar-refractivity contribution is 0.306. The first-order valence-corrected chi connectivity index (χ1v) is 7.05. The van der Waals surface area contributed by atoms with Crippen molar-refractivity contribution < 1.29 is 4.74 Å². The Balaban J connectivity index is 1.79. The summed E-state index contributed by atoms with van der Waals surface area (Å²) in [6.07, 6.45) is 1.91. The van der Waals surface area contributed by atoms with E-state index in [1.165, 1.54) is 11.1 Å². The number of pyridine rings is 1. The zero-order valence-electron chi connectivity index (χ0n) is 12.0. The third kappa shape index (κ3) is 3.38. The summed E-state index contributed by atoms with van der Waals surface area (Å²) in [7, 11) is 1.93. The highest BCUT2D eigenvalue weighted by Gasteiger charge is 2.01. The van der Waals surface area contributed by atoms with E-state index in [-0.39, 0.29) is 0 Å². The average molecular weight is 278 g/mol. The number of ether oxygens (including phenoxy) is 1. The first kappa shape index (κ1) is 13.6. The van der Waals surface area contributed by atoms with Crippen molar-refractivity contribution in [1.29, 1.82) is 0 Å². The maximum atomic E-state index is 5.86. The van der Waals surface area contributed by atoms with Crippen LogP contribution in [0.4, 0.5) is 0 Å². The van der Waals surface area contributed by atoms with Crippen molar-refractivity contribution in [2.45, 2.75) is 13.2 Å². The molecule has 0 aliphatic heterocycles. The maximum absolute atomic E-state index is 5.86. The van der Waals surface area contributed by atoms with Gasteiger partial charge in [0.15, 0.2) is 0 Å². The molecule has 106 valence electrons. The molecular formula is C18H18N2O. The van der Waals surface area contributed by atoms with Gasteiger partial charge in [0.25, 0.3) is 0 Å². The minimum absolute atomic E-state index is 0.579. The van der Waals surface area contributed by atoms with E-state index in [1.54, 1.807) is 0 Å². The number of fused-ring (bicyclic) bond motifs is 1. The van der Waals surface area contributed by atoms with E-state index in [4.69, 9.17) is 4.74 Å². The number of rotatable bonds is 5. The van der Waals surface area contributed by atoms with Gasteiger partial charge >= 0.3 is 0 Å². The van der Waals surface area contributed by atoms with Crippen molar-refractivity contribution >= 4 is 10.9 Å². The molecule has 1 N–H and O–H groups in total. The Morgan fingerprint density at radius 1 is 1.00 bits per heavy atom. The van der Waals surface area contributed by atoms with Crippen LogP contribution in [0, 0.1) is 0 Å². The van der Waals surface area contributed by atoms with E-state index in [0.717, 1.165) is 23.2 Å². The first-order valence-electron chi connectivity index (χ1n) is 7.05. The van der Waals surface area contributed by atoms with Gasteiger partial charge in [-0.25, -0.2) is 0 Å². The average Bonchev–Trinajstić information content (AvgIpc) is 2.54. The zero-order chi connectivity index (χ0) is 14.5. The lowest BCUT2D eigenvalue weighted by Crippen LogP contribution is -2.05. The summed E-state index contributed by atoms with van der Waals surface area (Å²) in [6, 6.07) is 18.3. The molecule has 21 heavy (non-hydrogen) atoms. The Labute approximate surface area is 124 Å². The Morgan fingerprint density at radius 2 is 1.86 bits per heavy atom. The molecule has 1 heterocycles. The smallest absolute Gasteiger partial charge is 0.120 e. The largest absolute Gasteiger partial charge is 0.489 e. The molecule has 1 aromatic heterocycles. The molecule has 3 rings (SSSR count). The van der Waals surface area contributed by atoms with Crippen LogP contribution in [0.3, 0.4) is 0 Å². The Morgan fingerprint density at radius 3 is 2.67 bits per heavy atom. The molecular weight excluding hydrogens is 260 g/mol. The fraction of sp³-hybridized carbons (Fsp3) is 0.167. The number of hydrogen-bond acceptors (Lipinski definition) is 3. The van der Waals surface area contributed by atoms with Gasteiger partial charge in [0.2, 0.25) is 0 Å². The van der Waals surface area contributed by atoms with Gasteiger partial charge in [0.1, 0.15) is 12.4 Å². The van der Waals surface area contributed by atoms with Gasteiger partial charge in [0, 0.05) is 18.1 Å². The molecule has 0 fully saturated rings. The highest BCUT2D eigenvalue weighted by Crippen LogP contribution is 2.21. The second kappa shape index (κ2) is 6.37. The van der Waals surface area contributed by atoms with Gasteiger partial charge in [-0.2, -0.15) is 0 Å². The highest BCUT2D eigenvalue weighted by atomic mass is 16.5. The van der Waals surface area contributed by atoms with Crippen molar-refractivity contribution in [3.05, 3.63) is 71.9 Å². The lowest BCUT2D eigenvalue weighted by Gasteiger charge is -2.08. The fourth-order valence-corrected chi connectivity index (χ4v) is 2.29. The predicted molar refractivity (Wildman–Crippen MR) is 85.3 cm³/mol. The van der Waals surface area contributed by atoms with Gasteiger partial charge in [-0.15, -0.1) is 0 Å². The van der Waals surface area contributed by atoms with Crippen molar-refractivity contribution in [2.24, 2.45) is 0 Å². The topological polar surface area (TPSA) is 34.2 Å². The molecule has 0 spiro atoms. The number of aromatic nitrogens is 1. The summed E-state index contributed by atoms with van der Waals surface area (Å²) in [5.74, 6) is 0.870. The quantitative estimate of drug-likeness (QED) is 0.775. The Bertz CT molecular complexity index is 726. The normalized spacial score (nSPS) is 10.7. The van der Waals surface area contributed by atoms with Crippen LogP contribution in [0.15, 0.2) is 60.8 Å².